The quantitative estimate of drug-likeness (QED) is 0.787. The van der Waals surface area contributed by atoms with Crippen molar-refractivity contribution < 1.29 is 17.6 Å². The average Bonchev–Trinajstić information content (AvgIpc) is 2.37. The Morgan fingerprint density at radius 2 is 2.20 bits per heavy atom. The molecule has 0 aliphatic carbocycles. The van der Waals surface area contributed by atoms with Crippen molar-refractivity contribution in [2.45, 2.75) is 5.37 Å². The SMILES string of the molecule is CS(=O)(=O)C1CSCCN1C(=O)c1c(F)cccc1Br. The number of thioether (sulfide) groups is 1. The highest BCUT2D eigenvalue weighted by atomic mass is 79.9. The summed E-state index contributed by atoms with van der Waals surface area (Å²) in [7, 11) is -3.41. The second-order valence-corrected chi connectivity index (χ2v) is 8.66. The molecule has 20 heavy (non-hydrogen) atoms. The van der Waals surface area contributed by atoms with Crippen molar-refractivity contribution >= 4 is 43.4 Å². The van der Waals surface area contributed by atoms with Gasteiger partial charge in [-0.3, -0.25) is 4.79 Å². The molecule has 1 aromatic rings. The monoisotopic (exact) mass is 381 g/mol. The van der Waals surface area contributed by atoms with Gasteiger partial charge in [-0.2, -0.15) is 11.8 Å². The third kappa shape index (κ3) is 3.17. The van der Waals surface area contributed by atoms with Crippen molar-refractivity contribution in [3.05, 3.63) is 34.1 Å². The molecular formula is C12H13BrFNO3S2. The first-order valence-corrected chi connectivity index (χ1v) is 9.74. The Balaban J connectivity index is 2.41. The first-order chi connectivity index (χ1) is 9.32. The van der Waals surface area contributed by atoms with E-state index in [0.717, 1.165) is 6.26 Å². The van der Waals surface area contributed by atoms with Crippen LogP contribution in [0.5, 0.6) is 0 Å². The maximum Gasteiger partial charge on any atom is 0.259 e. The minimum Gasteiger partial charge on any atom is -0.320 e. The Labute approximate surface area is 129 Å². The number of rotatable bonds is 2. The molecule has 1 saturated heterocycles. The van der Waals surface area contributed by atoms with Crippen molar-refractivity contribution in [1.82, 2.24) is 4.90 Å². The van der Waals surface area contributed by atoms with Crippen LogP contribution in [0.1, 0.15) is 10.4 Å². The van der Waals surface area contributed by atoms with E-state index in [2.05, 4.69) is 15.9 Å². The van der Waals surface area contributed by atoms with Crippen molar-refractivity contribution in [3.8, 4) is 0 Å². The van der Waals surface area contributed by atoms with E-state index in [-0.39, 0.29) is 5.56 Å². The average molecular weight is 382 g/mol. The molecule has 110 valence electrons. The van der Waals surface area contributed by atoms with Crippen molar-refractivity contribution in [2.75, 3.05) is 24.3 Å². The molecule has 0 N–H and O–H groups in total. The summed E-state index contributed by atoms with van der Waals surface area (Å²) in [6.45, 7) is 0.294. The Bertz CT molecular complexity index is 615. The Hall–Kier alpha value is -0.600. The molecule has 1 aliphatic rings. The first-order valence-electron chi connectivity index (χ1n) is 5.84. The minimum absolute atomic E-state index is 0.118. The number of nitrogens with zero attached hydrogens (tertiary/aromatic N) is 1. The number of benzene rings is 1. The number of carbonyl (C=O) groups excluding carboxylic acids is 1. The molecule has 0 spiro atoms. The highest BCUT2D eigenvalue weighted by Crippen LogP contribution is 2.26. The van der Waals surface area contributed by atoms with Gasteiger partial charge in [0.25, 0.3) is 5.91 Å². The Morgan fingerprint density at radius 1 is 1.50 bits per heavy atom. The van der Waals surface area contributed by atoms with Gasteiger partial charge in [-0.25, -0.2) is 12.8 Å². The van der Waals surface area contributed by atoms with Gasteiger partial charge in [-0.15, -0.1) is 0 Å². The van der Waals surface area contributed by atoms with Gasteiger partial charge >= 0.3 is 0 Å². The lowest BCUT2D eigenvalue weighted by Crippen LogP contribution is -2.50. The smallest absolute Gasteiger partial charge is 0.259 e. The largest absolute Gasteiger partial charge is 0.320 e. The second kappa shape index (κ2) is 6.03. The summed E-state index contributed by atoms with van der Waals surface area (Å²) in [5, 5.41) is -0.903. The van der Waals surface area contributed by atoms with E-state index in [0.29, 0.717) is 22.5 Å². The summed E-state index contributed by atoms with van der Waals surface area (Å²) in [6, 6.07) is 4.23. The molecule has 1 aliphatic heterocycles. The molecule has 0 saturated carbocycles. The molecule has 0 bridgehead atoms. The van der Waals surface area contributed by atoms with E-state index >= 15 is 0 Å². The summed E-state index contributed by atoms with van der Waals surface area (Å²) in [6.07, 6.45) is 1.10. The topological polar surface area (TPSA) is 54.5 Å². The van der Waals surface area contributed by atoms with Crippen LogP contribution in [0.15, 0.2) is 22.7 Å². The lowest BCUT2D eigenvalue weighted by Gasteiger charge is -2.34. The van der Waals surface area contributed by atoms with Crippen molar-refractivity contribution in [1.29, 1.82) is 0 Å². The van der Waals surface area contributed by atoms with E-state index in [1.54, 1.807) is 6.07 Å². The molecular weight excluding hydrogens is 369 g/mol. The molecule has 0 radical (unpaired) electrons. The highest BCUT2D eigenvalue weighted by Gasteiger charge is 2.36. The Kier molecular flexibility index (Phi) is 4.76. The lowest BCUT2D eigenvalue weighted by atomic mass is 10.2. The number of carbonyl (C=O) groups is 1. The van der Waals surface area contributed by atoms with Gasteiger partial charge in [-0.05, 0) is 28.1 Å². The number of sulfone groups is 1. The number of hydrogen-bond donors (Lipinski definition) is 0. The van der Waals surface area contributed by atoms with Crippen LogP contribution in [-0.2, 0) is 9.84 Å². The molecule has 1 fully saturated rings. The van der Waals surface area contributed by atoms with E-state index in [9.17, 15) is 17.6 Å². The molecule has 2 rings (SSSR count). The first kappa shape index (κ1) is 15.8. The highest BCUT2D eigenvalue weighted by molar-refractivity contribution is 9.10. The molecule has 1 atom stereocenters. The van der Waals surface area contributed by atoms with Gasteiger partial charge in [0.1, 0.15) is 11.2 Å². The summed E-state index contributed by atoms with van der Waals surface area (Å²) >= 11 is 4.62. The fourth-order valence-corrected chi connectivity index (χ4v) is 5.34. The maximum atomic E-state index is 13.8. The van der Waals surface area contributed by atoms with Gasteiger partial charge in [0.2, 0.25) is 0 Å². The summed E-state index contributed by atoms with van der Waals surface area (Å²) in [4.78, 5) is 13.7. The zero-order chi connectivity index (χ0) is 14.9. The van der Waals surface area contributed by atoms with Crippen molar-refractivity contribution in [2.24, 2.45) is 0 Å². The zero-order valence-electron chi connectivity index (χ0n) is 10.7. The predicted molar refractivity (Wildman–Crippen MR) is 81.1 cm³/mol. The van der Waals surface area contributed by atoms with Gasteiger partial charge in [0, 0.05) is 28.8 Å². The van der Waals surface area contributed by atoms with Gasteiger partial charge in [-0.1, -0.05) is 6.07 Å². The summed E-state index contributed by atoms with van der Waals surface area (Å²) in [5.41, 5.74) is -0.118. The molecule has 1 amide bonds. The van der Waals surface area contributed by atoms with Gasteiger partial charge in [0.15, 0.2) is 9.84 Å². The fourth-order valence-electron chi connectivity index (χ4n) is 2.01. The van der Waals surface area contributed by atoms with E-state index in [1.807, 2.05) is 0 Å². The summed E-state index contributed by atoms with van der Waals surface area (Å²) in [5.74, 6) is -0.291. The number of halogens is 2. The zero-order valence-corrected chi connectivity index (χ0v) is 13.9. The standard InChI is InChI=1S/C12H13BrFNO3S2/c1-20(17,18)10-7-19-6-5-15(10)12(16)11-8(13)3-2-4-9(11)14/h2-4,10H,5-7H2,1H3. The molecule has 1 heterocycles. The minimum atomic E-state index is -3.41. The summed E-state index contributed by atoms with van der Waals surface area (Å²) < 4.78 is 37.8. The third-order valence-electron chi connectivity index (χ3n) is 3.02. The van der Waals surface area contributed by atoms with Crippen molar-refractivity contribution in [3.63, 3.8) is 0 Å². The van der Waals surface area contributed by atoms with Crippen LogP contribution in [-0.4, -0.2) is 48.9 Å². The maximum absolute atomic E-state index is 13.8. The van der Waals surface area contributed by atoms with E-state index in [4.69, 9.17) is 0 Å². The van der Waals surface area contributed by atoms with Crippen LogP contribution >= 0.6 is 27.7 Å². The molecule has 0 aromatic heterocycles. The van der Waals surface area contributed by atoms with Crippen LogP contribution in [0.4, 0.5) is 4.39 Å². The van der Waals surface area contributed by atoms with Crippen LogP contribution in [0, 0.1) is 5.82 Å². The van der Waals surface area contributed by atoms with Crippen LogP contribution < -0.4 is 0 Å². The van der Waals surface area contributed by atoms with Crippen LogP contribution in [0.3, 0.4) is 0 Å². The van der Waals surface area contributed by atoms with E-state index < -0.39 is 26.9 Å². The Morgan fingerprint density at radius 3 is 2.80 bits per heavy atom. The molecule has 4 nitrogen and oxygen atoms in total. The van der Waals surface area contributed by atoms with E-state index in [1.165, 1.54) is 28.8 Å². The normalized spacial score (nSPS) is 19.9. The fraction of sp³-hybridized carbons (Fsp3) is 0.417. The molecule has 1 unspecified atom stereocenters. The molecule has 1 aromatic carbocycles. The second-order valence-electron chi connectivity index (χ2n) is 4.45. The molecule has 8 heteroatoms. The van der Waals surface area contributed by atoms with Gasteiger partial charge < -0.3 is 4.90 Å². The van der Waals surface area contributed by atoms with Crippen LogP contribution in [0.2, 0.25) is 0 Å². The lowest BCUT2D eigenvalue weighted by molar-refractivity contribution is 0.0744. The van der Waals surface area contributed by atoms with Crippen LogP contribution in [0.25, 0.3) is 0 Å². The third-order valence-corrected chi connectivity index (χ3v) is 6.32. The number of amides is 1. The number of hydrogen-bond acceptors (Lipinski definition) is 4. The predicted octanol–water partition coefficient (Wildman–Crippen LogP) is 2.15. The van der Waals surface area contributed by atoms with Gasteiger partial charge in [0.05, 0.1) is 5.56 Å².